The second kappa shape index (κ2) is 8.31. The minimum atomic E-state index is 0.386. The first-order valence-corrected chi connectivity index (χ1v) is 7.50. The Morgan fingerprint density at radius 3 is 2.84 bits per heavy atom. The summed E-state index contributed by atoms with van der Waals surface area (Å²) in [4.78, 5) is 6.72. The lowest BCUT2D eigenvalue weighted by atomic mass is 9.81. The van der Waals surface area contributed by atoms with Crippen LogP contribution in [-0.2, 0) is 0 Å². The van der Waals surface area contributed by atoms with Crippen molar-refractivity contribution < 1.29 is 0 Å². The van der Waals surface area contributed by atoms with E-state index in [2.05, 4.69) is 56.2 Å². The lowest BCUT2D eigenvalue weighted by Crippen LogP contribution is -2.30. The fourth-order valence-corrected chi connectivity index (χ4v) is 3.18. The van der Waals surface area contributed by atoms with Gasteiger partial charge in [-0.3, -0.25) is 4.99 Å². The molecule has 0 N–H and O–H groups in total. The quantitative estimate of drug-likeness (QED) is 0.503. The zero-order valence-electron chi connectivity index (χ0n) is 12.9. The molecule has 2 nitrogen and oxygen atoms in total. The summed E-state index contributed by atoms with van der Waals surface area (Å²) in [6.45, 7) is 14.3. The van der Waals surface area contributed by atoms with Crippen molar-refractivity contribution in [2.24, 2.45) is 22.7 Å². The fourth-order valence-electron chi connectivity index (χ4n) is 3.18. The summed E-state index contributed by atoms with van der Waals surface area (Å²) in [5.41, 5.74) is 0. The van der Waals surface area contributed by atoms with Crippen LogP contribution >= 0.6 is 0 Å². The van der Waals surface area contributed by atoms with Crippen LogP contribution in [0.5, 0.6) is 0 Å². The first kappa shape index (κ1) is 16.2. The van der Waals surface area contributed by atoms with E-state index in [-0.39, 0.29) is 0 Å². The average Bonchev–Trinajstić information content (AvgIpc) is 2.52. The maximum absolute atomic E-state index is 4.42. The van der Waals surface area contributed by atoms with Gasteiger partial charge in [0.25, 0.3) is 0 Å². The van der Waals surface area contributed by atoms with Gasteiger partial charge in [-0.15, -0.1) is 6.58 Å². The van der Waals surface area contributed by atoms with E-state index in [1.807, 2.05) is 6.08 Å². The van der Waals surface area contributed by atoms with E-state index in [1.165, 1.54) is 6.42 Å². The number of rotatable bonds is 7. The summed E-state index contributed by atoms with van der Waals surface area (Å²) in [5, 5.41) is 0. The van der Waals surface area contributed by atoms with Crippen molar-refractivity contribution in [1.82, 2.24) is 4.90 Å². The van der Waals surface area contributed by atoms with Crippen LogP contribution in [0, 0.1) is 17.8 Å². The molecule has 0 saturated carbocycles. The smallest absolute Gasteiger partial charge is 0.0538 e. The van der Waals surface area contributed by atoms with Crippen LogP contribution in [-0.4, -0.2) is 37.8 Å². The molecule has 0 spiro atoms. The van der Waals surface area contributed by atoms with Crippen molar-refractivity contribution in [2.75, 3.05) is 20.1 Å². The monoisotopic (exact) mass is 262 g/mol. The second-order valence-corrected chi connectivity index (χ2v) is 6.11. The van der Waals surface area contributed by atoms with Gasteiger partial charge >= 0.3 is 0 Å². The minimum Gasteiger partial charge on any atom is -0.303 e. The van der Waals surface area contributed by atoms with Crippen molar-refractivity contribution in [3.05, 3.63) is 24.8 Å². The van der Waals surface area contributed by atoms with Crippen LogP contribution in [0.1, 0.15) is 33.1 Å². The first-order valence-electron chi connectivity index (χ1n) is 7.50. The Kier molecular flexibility index (Phi) is 7.07. The predicted molar refractivity (Wildman–Crippen MR) is 85.8 cm³/mol. The molecule has 0 heterocycles. The van der Waals surface area contributed by atoms with Crippen LogP contribution in [0.4, 0.5) is 0 Å². The van der Waals surface area contributed by atoms with Crippen LogP contribution in [0.2, 0.25) is 0 Å². The van der Waals surface area contributed by atoms with E-state index in [9.17, 15) is 0 Å². The lowest BCUT2D eigenvalue weighted by Gasteiger charge is -2.29. The molecule has 0 bridgehead atoms. The highest BCUT2D eigenvalue weighted by Gasteiger charge is 2.27. The fraction of sp³-hybridized carbons (Fsp3) is 0.706. The predicted octanol–water partition coefficient (Wildman–Crippen LogP) is 3.80. The van der Waals surface area contributed by atoms with Crippen LogP contribution in [0.3, 0.4) is 0 Å². The summed E-state index contributed by atoms with van der Waals surface area (Å²) in [6.07, 6.45) is 10.2. The molecular weight excluding hydrogens is 232 g/mol. The zero-order chi connectivity index (χ0) is 14.3. The lowest BCUT2D eigenvalue weighted by molar-refractivity contribution is 0.249. The molecule has 0 saturated heterocycles. The van der Waals surface area contributed by atoms with E-state index in [4.69, 9.17) is 0 Å². The van der Waals surface area contributed by atoms with Gasteiger partial charge in [0.1, 0.15) is 0 Å². The van der Waals surface area contributed by atoms with Gasteiger partial charge in [-0.25, -0.2) is 0 Å². The van der Waals surface area contributed by atoms with Crippen LogP contribution in [0.25, 0.3) is 0 Å². The van der Waals surface area contributed by atoms with Crippen LogP contribution < -0.4 is 0 Å². The minimum absolute atomic E-state index is 0.386. The van der Waals surface area contributed by atoms with E-state index in [0.29, 0.717) is 17.9 Å². The molecule has 0 aromatic heterocycles. The van der Waals surface area contributed by atoms with Crippen LogP contribution in [0.15, 0.2) is 29.8 Å². The molecule has 0 aromatic rings. The molecule has 0 aliphatic heterocycles. The molecule has 108 valence electrons. The number of hydrogen-bond acceptors (Lipinski definition) is 2. The molecule has 1 aliphatic rings. The van der Waals surface area contributed by atoms with Crippen molar-refractivity contribution in [3.8, 4) is 0 Å². The summed E-state index contributed by atoms with van der Waals surface area (Å²) < 4.78 is 0. The highest BCUT2D eigenvalue weighted by atomic mass is 15.1. The standard InChI is InChI=1S/C17H30N2/c1-6-11-19(5)12-10-17(18-4)16-9-7-8-14(2)13-15(16)3/h6-8,14-17H,1,4,9-13H2,2-3,5H3. The van der Waals surface area contributed by atoms with Gasteiger partial charge in [-0.2, -0.15) is 0 Å². The van der Waals surface area contributed by atoms with Crippen molar-refractivity contribution in [1.29, 1.82) is 0 Å². The van der Waals surface area contributed by atoms with Gasteiger partial charge in [0, 0.05) is 13.1 Å². The largest absolute Gasteiger partial charge is 0.303 e. The maximum atomic E-state index is 4.42. The molecular formula is C17H30N2. The Hall–Kier alpha value is -0.890. The molecule has 0 aromatic carbocycles. The number of allylic oxidation sites excluding steroid dienone is 2. The molecule has 1 rings (SSSR count). The molecule has 4 atom stereocenters. The molecule has 0 amide bonds. The normalized spacial score (nSPS) is 28.9. The van der Waals surface area contributed by atoms with Crippen molar-refractivity contribution >= 4 is 6.72 Å². The van der Waals surface area contributed by atoms with Gasteiger partial charge < -0.3 is 4.90 Å². The molecule has 4 unspecified atom stereocenters. The molecule has 2 heteroatoms. The second-order valence-electron chi connectivity index (χ2n) is 6.11. The average molecular weight is 262 g/mol. The number of nitrogens with zero attached hydrogens (tertiary/aromatic N) is 2. The number of likely N-dealkylation sites (N-methyl/N-ethyl adjacent to an activating group) is 1. The highest BCUT2D eigenvalue weighted by Crippen LogP contribution is 2.32. The third-order valence-corrected chi connectivity index (χ3v) is 4.32. The molecule has 0 radical (unpaired) electrons. The van der Waals surface area contributed by atoms with Gasteiger partial charge in [-0.1, -0.05) is 32.1 Å². The van der Waals surface area contributed by atoms with Crippen molar-refractivity contribution in [2.45, 2.75) is 39.2 Å². The maximum Gasteiger partial charge on any atom is 0.0538 e. The topological polar surface area (TPSA) is 15.6 Å². The summed E-state index contributed by atoms with van der Waals surface area (Å²) in [6, 6.07) is 0.386. The zero-order valence-corrected chi connectivity index (χ0v) is 12.9. The highest BCUT2D eigenvalue weighted by molar-refractivity contribution is 5.24. The number of aliphatic imine (C=N–C) groups is 1. The van der Waals surface area contributed by atoms with Gasteiger partial charge in [0.15, 0.2) is 0 Å². The van der Waals surface area contributed by atoms with Gasteiger partial charge in [0.2, 0.25) is 0 Å². The Labute approximate surface area is 119 Å². The molecule has 1 aliphatic carbocycles. The van der Waals surface area contributed by atoms with E-state index >= 15 is 0 Å². The van der Waals surface area contributed by atoms with E-state index in [1.54, 1.807) is 0 Å². The van der Waals surface area contributed by atoms with Gasteiger partial charge in [-0.05, 0) is 50.8 Å². The first-order chi connectivity index (χ1) is 9.08. The Bertz CT molecular complexity index is 308. The Balaban J connectivity index is 2.55. The summed E-state index contributed by atoms with van der Waals surface area (Å²) >= 11 is 0. The Morgan fingerprint density at radius 2 is 2.21 bits per heavy atom. The molecule has 19 heavy (non-hydrogen) atoms. The van der Waals surface area contributed by atoms with Crippen molar-refractivity contribution in [3.63, 3.8) is 0 Å². The van der Waals surface area contributed by atoms with E-state index in [0.717, 1.165) is 31.8 Å². The third kappa shape index (κ3) is 5.32. The summed E-state index contributed by atoms with van der Waals surface area (Å²) in [7, 11) is 2.14. The molecule has 0 fully saturated rings. The van der Waals surface area contributed by atoms with Gasteiger partial charge in [0.05, 0.1) is 6.04 Å². The SMILES string of the molecule is C=CCN(C)CCC(N=C)C1CC=CC(C)CC1C. The third-order valence-electron chi connectivity index (χ3n) is 4.32. The Morgan fingerprint density at radius 1 is 1.47 bits per heavy atom. The summed E-state index contributed by atoms with van der Waals surface area (Å²) in [5.74, 6) is 2.08. The van der Waals surface area contributed by atoms with E-state index < -0.39 is 0 Å². The number of hydrogen-bond donors (Lipinski definition) is 0.